The maximum absolute atomic E-state index is 5.37. The van der Waals surface area contributed by atoms with E-state index in [0.29, 0.717) is 0 Å². The van der Waals surface area contributed by atoms with E-state index in [1.54, 1.807) is 0 Å². The molecule has 0 radical (unpaired) electrons. The van der Waals surface area contributed by atoms with Gasteiger partial charge < -0.3 is 0 Å². The lowest BCUT2D eigenvalue weighted by Crippen LogP contribution is -2.18. The summed E-state index contributed by atoms with van der Waals surface area (Å²) in [4.78, 5) is 25.5. The molecule has 3 aliphatic rings. The highest BCUT2D eigenvalue weighted by atomic mass is 14.9. The Balaban J connectivity index is 0.819. The van der Waals surface area contributed by atoms with Gasteiger partial charge in [0.2, 0.25) is 0 Å². The predicted molar refractivity (Wildman–Crippen MR) is 285 cm³/mol. The average Bonchev–Trinajstić information content (AvgIpc) is 3.64. The lowest BCUT2D eigenvalue weighted by molar-refractivity contribution is 0.620. The normalized spacial score (nSPS) is 16.3. The minimum Gasteiger partial charge on any atom is -0.282 e. The van der Waals surface area contributed by atoms with Gasteiger partial charge in [0, 0.05) is 63.0 Å². The number of benzene rings is 8. The molecule has 322 valence electrons. The van der Waals surface area contributed by atoms with Crippen LogP contribution in [0.5, 0.6) is 0 Å². The van der Waals surface area contributed by atoms with E-state index in [-0.39, 0.29) is 17.4 Å². The number of fused-ring (bicyclic) bond motifs is 21. The molecule has 0 bridgehead atoms. The molecule has 5 heteroatoms. The van der Waals surface area contributed by atoms with Crippen LogP contribution < -0.4 is 0 Å². The van der Waals surface area contributed by atoms with E-state index in [1.165, 1.54) is 76.5 Å². The summed E-state index contributed by atoms with van der Waals surface area (Å²) < 4.78 is 0. The molecule has 1 aliphatic heterocycles. The van der Waals surface area contributed by atoms with Gasteiger partial charge in [-0.25, -0.2) is 9.97 Å². The summed E-state index contributed by atoms with van der Waals surface area (Å²) in [6.07, 6.45) is 10.1. The lowest BCUT2D eigenvalue weighted by Gasteiger charge is -2.32. The van der Waals surface area contributed by atoms with Crippen LogP contribution in [-0.4, -0.2) is 26.2 Å². The second kappa shape index (κ2) is 14.2. The molecular formula is C64H41N5. The monoisotopic (exact) mass is 879 g/mol. The largest absolute Gasteiger partial charge is 0.282 e. The second-order valence-corrected chi connectivity index (χ2v) is 19.5. The van der Waals surface area contributed by atoms with Gasteiger partial charge in [-0.2, -0.15) is 0 Å². The SMILES string of the molecule is CC1(C)c2ccc(-c3ccc4c5ccccc5c5cccnc5c4n3)cc2-c2cc3c4ccccc4c4cc(-c5ccc(-c6ccc7c(n6)C6N=CC=CC6c6ccccc6-7)cn5)ccc4c3cc21. The van der Waals surface area contributed by atoms with Gasteiger partial charge in [-0.15, -0.1) is 0 Å². The summed E-state index contributed by atoms with van der Waals surface area (Å²) in [6.45, 7) is 4.74. The smallest absolute Gasteiger partial charge is 0.103 e. The van der Waals surface area contributed by atoms with Crippen LogP contribution in [0.4, 0.5) is 0 Å². The number of pyridine rings is 4. The van der Waals surface area contributed by atoms with Crippen LogP contribution in [0.15, 0.2) is 199 Å². The molecular weight excluding hydrogens is 839 g/mol. The summed E-state index contributed by atoms with van der Waals surface area (Å²) in [5.41, 5.74) is 17.6. The van der Waals surface area contributed by atoms with E-state index < -0.39 is 0 Å². The topological polar surface area (TPSA) is 63.9 Å². The molecule has 0 spiro atoms. The fraction of sp³-hybridized carbons (Fsp3) is 0.0781. The van der Waals surface area contributed by atoms with E-state index >= 15 is 0 Å². The summed E-state index contributed by atoms with van der Waals surface area (Å²) in [5.74, 6) is 0.182. The molecule has 2 atom stereocenters. The van der Waals surface area contributed by atoms with Crippen LogP contribution in [0.1, 0.15) is 48.2 Å². The third kappa shape index (κ3) is 5.50. The first kappa shape index (κ1) is 38.4. The lowest BCUT2D eigenvalue weighted by atomic mass is 9.77. The molecule has 4 aromatic heterocycles. The van der Waals surface area contributed by atoms with E-state index in [2.05, 4.69) is 190 Å². The highest BCUT2D eigenvalue weighted by Crippen LogP contribution is 2.53. The first-order chi connectivity index (χ1) is 34.0. The Morgan fingerprint density at radius 2 is 1.04 bits per heavy atom. The van der Waals surface area contributed by atoms with Gasteiger partial charge in [-0.3, -0.25) is 15.0 Å². The summed E-state index contributed by atoms with van der Waals surface area (Å²) in [7, 11) is 0. The Kier molecular flexibility index (Phi) is 7.90. The Bertz CT molecular complexity index is 4260. The number of hydrogen-bond donors (Lipinski definition) is 0. The van der Waals surface area contributed by atoms with Crippen molar-refractivity contribution in [3.8, 4) is 56.0 Å². The minimum atomic E-state index is -0.198. The molecule has 0 N–H and O–H groups in total. The van der Waals surface area contributed by atoms with E-state index in [0.717, 1.165) is 66.8 Å². The predicted octanol–water partition coefficient (Wildman–Crippen LogP) is 15.9. The first-order valence-electron chi connectivity index (χ1n) is 23.9. The summed E-state index contributed by atoms with van der Waals surface area (Å²) in [5, 5.41) is 12.1. The van der Waals surface area contributed by atoms with E-state index in [4.69, 9.17) is 24.9 Å². The van der Waals surface area contributed by atoms with Gasteiger partial charge in [-0.1, -0.05) is 129 Å². The van der Waals surface area contributed by atoms with Crippen LogP contribution in [0.2, 0.25) is 0 Å². The van der Waals surface area contributed by atoms with Crippen LogP contribution in [0.25, 0.3) is 121 Å². The number of allylic oxidation sites excluding steroid dienone is 1. The number of hydrogen-bond acceptors (Lipinski definition) is 5. The zero-order chi connectivity index (χ0) is 45.5. The summed E-state index contributed by atoms with van der Waals surface area (Å²) in [6, 6.07) is 62.0. The first-order valence-corrected chi connectivity index (χ1v) is 23.9. The van der Waals surface area contributed by atoms with Crippen LogP contribution >= 0.6 is 0 Å². The number of aliphatic imine (C=N–C) groups is 1. The molecule has 8 aromatic carbocycles. The standard InChI is InChI=1S/C64H41N5/c1-64(2)55-25-20-37(58-27-23-48-41-13-5-3-11-39(41)46-17-9-29-65-60(46)62(48)68-58)32-53(55)54-33-51-44-16-8-7-15-43(44)50-31-36(19-22-45(50)52(51)34-56(54)64)57-26-21-38(35-67-57)59-28-24-49-42-14-6-4-12-40(42)47-18-10-30-66-61(47)63(49)69-59/h3-35,47,61H,1-2H3. The molecule has 5 nitrogen and oxygen atoms in total. The molecule has 5 heterocycles. The van der Waals surface area contributed by atoms with Crippen molar-refractivity contribution in [3.05, 3.63) is 217 Å². The van der Waals surface area contributed by atoms with Gasteiger partial charge in [0.25, 0.3) is 0 Å². The van der Waals surface area contributed by atoms with Gasteiger partial charge in [0.05, 0.1) is 33.8 Å². The quantitative estimate of drug-likeness (QED) is 0.166. The minimum absolute atomic E-state index is 0.0359. The molecule has 15 rings (SSSR count). The molecule has 2 aliphatic carbocycles. The molecule has 0 saturated heterocycles. The molecule has 69 heavy (non-hydrogen) atoms. The molecule has 0 fully saturated rings. The molecule has 0 amide bonds. The Labute approximate surface area is 398 Å². The van der Waals surface area contributed by atoms with Crippen molar-refractivity contribution in [2.45, 2.75) is 31.2 Å². The van der Waals surface area contributed by atoms with Crippen molar-refractivity contribution in [1.29, 1.82) is 0 Å². The molecule has 2 unspecified atom stereocenters. The highest BCUT2D eigenvalue weighted by molar-refractivity contribution is 6.27. The highest BCUT2D eigenvalue weighted by Gasteiger charge is 2.37. The Hall–Kier alpha value is -8.67. The van der Waals surface area contributed by atoms with E-state index in [9.17, 15) is 0 Å². The second-order valence-electron chi connectivity index (χ2n) is 19.5. The third-order valence-corrected chi connectivity index (χ3v) is 15.5. The fourth-order valence-electron chi connectivity index (χ4n) is 12.2. The maximum Gasteiger partial charge on any atom is 0.103 e. The number of aromatic nitrogens is 4. The van der Waals surface area contributed by atoms with Crippen LogP contribution in [-0.2, 0) is 5.41 Å². The molecule has 0 saturated carbocycles. The van der Waals surface area contributed by atoms with Crippen molar-refractivity contribution in [2.75, 3.05) is 0 Å². The number of nitrogens with zero attached hydrogens (tertiary/aromatic N) is 5. The third-order valence-electron chi connectivity index (χ3n) is 15.5. The van der Waals surface area contributed by atoms with Crippen molar-refractivity contribution >= 4 is 71.1 Å². The number of rotatable bonds is 3. The van der Waals surface area contributed by atoms with Gasteiger partial charge >= 0.3 is 0 Å². The summed E-state index contributed by atoms with van der Waals surface area (Å²) >= 11 is 0. The number of dihydropyridines is 1. The van der Waals surface area contributed by atoms with Crippen molar-refractivity contribution in [2.24, 2.45) is 4.99 Å². The zero-order valence-corrected chi connectivity index (χ0v) is 37.9. The Morgan fingerprint density at radius 1 is 0.420 bits per heavy atom. The van der Waals surface area contributed by atoms with Crippen molar-refractivity contribution in [3.63, 3.8) is 0 Å². The Morgan fingerprint density at radius 3 is 1.87 bits per heavy atom. The molecule has 12 aromatic rings. The van der Waals surface area contributed by atoms with Crippen molar-refractivity contribution < 1.29 is 0 Å². The van der Waals surface area contributed by atoms with Gasteiger partial charge in [0.1, 0.15) is 6.04 Å². The fourth-order valence-corrected chi connectivity index (χ4v) is 12.2. The van der Waals surface area contributed by atoms with Crippen LogP contribution in [0, 0.1) is 0 Å². The van der Waals surface area contributed by atoms with Crippen LogP contribution in [0.3, 0.4) is 0 Å². The average molecular weight is 880 g/mol. The van der Waals surface area contributed by atoms with Gasteiger partial charge in [-0.05, 0) is 143 Å². The van der Waals surface area contributed by atoms with Gasteiger partial charge in [0.15, 0.2) is 0 Å². The maximum atomic E-state index is 5.37. The zero-order valence-electron chi connectivity index (χ0n) is 37.9. The van der Waals surface area contributed by atoms with E-state index in [1.807, 2.05) is 24.7 Å². The van der Waals surface area contributed by atoms with Crippen molar-refractivity contribution in [1.82, 2.24) is 19.9 Å².